The van der Waals surface area contributed by atoms with E-state index in [1.165, 1.54) is 4.90 Å². The molecule has 0 aliphatic carbocycles. The molecular formula is C25H34N2O3SSi. The lowest BCUT2D eigenvalue weighted by Gasteiger charge is -2.52. The zero-order chi connectivity index (χ0) is 23.4. The molecule has 1 heterocycles. The van der Waals surface area contributed by atoms with Gasteiger partial charge in [0.25, 0.3) is 5.91 Å². The van der Waals surface area contributed by atoms with Crippen LogP contribution in [0.3, 0.4) is 0 Å². The minimum atomic E-state index is -2.05. The molecule has 0 saturated carbocycles. The van der Waals surface area contributed by atoms with E-state index in [1.807, 2.05) is 67.6 Å². The van der Waals surface area contributed by atoms with Gasteiger partial charge in [-0.25, -0.2) is 9.69 Å². The van der Waals surface area contributed by atoms with Crippen LogP contribution < -0.4 is 3.89 Å². The van der Waals surface area contributed by atoms with Crippen LogP contribution in [0.2, 0.25) is 18.1 Å². The summed E-state index contributed by atoms with van der Waals surface area (Å²) in [5.41, 5.74) is 1.61. The summed E-state index contributed by atoms with van der Waals surface area (Å²) in [6, 6.07) is 21.1. The van der Waals surface area contributed by atoms with Crippen LogP contribution in [0.25, 0.3) is 0 Å². The van der Waals surface area contributed by atoms with Crippen molar-refractivity contribution in [2.45, 2.75) is 64.4 Å². The van der Waals surface area contributed by atoms with Crippen molar-refractivity contribution < 1.29 is 14.0 Å². The number of carbonyl (C=O) groups excluding carboxylic acids is 2. The fourth-order valence-corrected chi connectivity index (χ4v) is 7.69. The van der Waals surface area contributed by atoms with E-state index < -0.39 is 20.5 Å². The van der Waals surface area contributed by atoms with Crippen LogP contribution in [0.1, 0.15) is 45.7 Å². The fourth-order valence-electron chi connectivity index (χ4n) is 4.53. The minimum Gasteiger partial charge on any atom is -0.477 e. The van der Waals surface area contributed by atoms with Crippen LogP contribution in [0.5, 0.6) is 0 Å². The summed E-state index contributed by atoms with van der Waals surface area (Å²) >= 11 is 5.90. The van der Waals surface area contributed by atoms with Gasteiger partial charge in [-0.1, -0.05) is 76.2 Å². The van der Waals surface area contributed by atoms with E-state index >= 15 is 0 Å². The number of likely N-dealkylation sites (tertiary alicyclic amines) is 1. The highest BCUT2D eigenvalue weighted by Gasteiger charge is 2.58. The number of quaternary nitrogens is 1. The van der Waals surface area contributed by atoms with Crippen molar-refractivity contribution >= 4 is 38.8 Å². The number of amides is 3. The van der Waals surface area contributed by atoms with Crippen LogP contribution in [0, 0.1) is 0 Å². The highest BCUT2D eigenvalue weighted by Crippen LogP contribution is 2.42. The SMILES string of the molecule is CCC[N+]([S-])(C(=O)N1C(=O)[C@H](O[Si](CC)(CC)CC)[C@@H]1c1ccccc1)c1ccccc1. The van der Waals surface area contributed by atoms with Gasteiger partial charge in [-0.2, -0.15) is 0 Å². The second kappa shape index (κ2) is 10.3. The van der Waals surface area contributed by atoms with Crippen LogP contribution in [-0.2, 0) is 22.0 Å². The average Bonchev–Trinajstić information content (AvgIpc) is 2.84. The lowest BCUT2D eigenvalue weighted by atomic mass is 9.91. The molecule has 5 nitrogen and oxygen atoms in total. The van der Waals surface area contributed by atoms with Crippen LogP contribution >= 0.6 is 0 Å². The first-order valence-electron chi connectivity index (χ1n) is 11.6. The molecule has 0 aromatic heterocycles. The summed E-state index contributed by atoms with van der Waals surface area (Å²) in [7, 11) is -2.05. The Morgan fingerprint density at radius 3 is 2.00 bits per heavy atom. The standard InChI is InChI=1S/C25H34N2O3SSi/c1-5-19-27(31,21-17-13-10-14-18-21)25(29)26-22(20-15-11-9-12-16-20)23(24(26)28)30-32(6-2,7-3)8-4/h9-18,22-23H,5-8,19H2,1-4H3/t22-,23+,27?/m0/s1. The molecule has 7 heteroatoms. The zero-order valence-corrected chi connectivity index (χ0v) is 21.3. The van der Waals surface area contributed by atoms with Crippen LogP contribution in [0.15, 0.2) is 60.7 Å². The summed E-state index contributed by atoms with van der Waals surface area (Å²) < 4.78 is 6.26. The van der Waals surface area contributed by atoms with Crippen molar-refractivity contribution in [3.63, 3.8) is 0 Å². The molecule has 2 aromatic rings. The summed E-state index contributed by atoms with van der Waals surface area (Å²) in [5.74, 6) is -0.268. The Balaban J connectivity index is 2.01. The topological polar surface area (TPSA) is 46.6 Å². The molecule has 1 aliphatic rings. The van der Waals surface area contributed by atoms with Crippen molar-refractivity contribution in [2.24, 2.45) is 0 Å². The molecule has 1 fully saturated rings. The number of hydrogen-bond acceptors (Lipinski definition) is 4. The predicted octanol–water partition coefficient (Wildman–Crippen LogP) is 5.96. The van der Waals surface area contributed by atoms with Gasteiger partial charge in [-0.3, -0.25) is 4.79 Å². The van der Waals surface area contributed by atoms with Crippen LogP contribution in [-0.4, -0.2) is 37.8 Å². The van der Waals surface area contributed by atoms with Crippen LogP contribution in [0.4, 0.5) is 10.5 Å². The monoisotopic (exact) mass is 470 g/mol. The van der Waals surface area contributed by atoms with Gasteiger partial charge in [0.1, 0.15) is 11.7 Å². The Morgan fingerprint density at radius 1 is 0.969 bits per heavy atom. The first-order chi connectivity index (χ1) is 15.4. The van der Waals surface area contributed by atoms with Gasteiger partial charge in [0.05, 0.1) is 6.54 Å². The fraction of sp³-hybridized carbons (Fsp3) is 0.440. The molecule has 172 valence electrons. The molecule has 2 aromatic carbocycles. The molecule has 1 aliphatic heterocycles. The van der Waals surface area contributed by atoms with Gasteiger partial charge in [-0.05, 0) is 42.2 Å². The highest BCUT2D eigenvalue weighted by atomic mass is 32.1. The first-order valence-corrected chi connectivity index (χ1v) is 14.5. The van der Waals surface area contributed by atoms with E-state index in [4.69, 9.17) is 17.2 Å². The molecule has 3 amide bonds. The van der Waals surface area contributed by atoms with Crippen molar-refractivity contribution in [3.05, 3.63) is 66.2 Å². The number of nitrogens with zero attached hydrogens (tertiary/aromatic N) is 2. The number of urea groups is 1. The van der Waals surface area contributed by atoms with Gasteiger partial charge in [0, 0.05) is 0 Å². The molecule has 3 rings (SSSR count). The lowest BCUT2D eigenvalue weighted by molar-refractivity contribution is -0.158. The maximum absolute atomic E-state index is 13.9. The zero-order valence-electron chi connectivity index (χ0n) is 19.5. The lowest BCUT2D eigenvalue weighted by Crippen LogP contribution is -2.70. The Bertz CT molecular complexity index is 915. The van der Waals surface area contributed by atoms with Crippen molar-refractivity contribution in [2.75, 3.05) is 6.54 Å². The minimum absolute atomic E-state index is 0.268. The smallest absolute Gasteiger partial charge is 0.413 e. The first kappa shape index (κ1) is 24.7. The number of imide groups is 1. The van der Waals surface area contributed by atoms with Crippen molar-refractivity contribution in [1.82, 2.24) is 8.79 Å². The van der Waals surface area contributed by atoms with Gasteiger partial charge < -0.3 is 21.1 Å². The quantitative estimate of drug-likeness (QED) is 0.196. The average molecular weight is 471 g/mol. The third-order valence-electron chi connectivity index (χ3n) is 6.72. The van der Waals surface area contributed by atoms with E-state index in [0.717, 1.165) is 30.1 Å². The Hall–Kier alpha value is -1.93. The predicted molar refractivity (Wildman–Crippen MR) is 134 cm³/mol. The molecule has 0 spiro atoms. The van der Waals surface area contributed by atoms with E-state index in [2.05, 4.69) is 20.8 Å². The molecule has 0 bridgehead atoms. The van der Waals surface area contributed by atoms with Gasteiger partial charge in [-0.15, -0.1) is 0 Å². The number of hydrogen-bond donors (Lipinski definition) is 0. The van der Waals surface area contributed by atoms with E-state index in [1.54, 1.807) is 0 Å². The Morgan fingerprint density at radius 2 is 1.50 bits per heavy atom. The summed E-state index contributed by atoms with van der Waals surface area (Å²) in [5, 5.41) is 0. The Kier molecular flexibility index (Phi) is 7.98. The summed E-state index contributed by atoms with van der Waals surface area (Å²) in [6.45, 7) is 8.87. The highest BCUT2D eigenvalue weighted by molar-refractivity contribution is 7.59. The molecule has 32 heavy (non-hydrogen) atoms. The Labute approximate surface area is 198 Å². The van der Waals surface area contributed by atoms with Gasteiger partial charge in [0.15, 0.2) is 14.4 Å². The maximum atomic E-state index is 13.9. The molecule has 3 atom stereocenters. The summed E-state index contributed by atoms with van der Waals surface area (Å²) in [6.07, 6.45) is 0.0910. The van der Waals surface area contributed by atoms with E-state index in [0.29, 0.717) is 12.2 Å². The van der Waals surface area contributed by atoms with E-state index in [-0.39, 0.29) is 15.8 Å². The molecular weight excluding hydrogens is 436 g/mol. The largest absolute Gasteiger partial charge is 0.477 e. The third kappa shape index (κ3) is 4.44. The van der Waals surface area contributed by atoms with Gasteiger partial charge in [0.2, 0.25) is 0 Å². The number of benzene rings is 2. The molecule has 0 radical (unpaired) electrons. The number of para-hydroxylation sites is 1. The number of β-lactam (4-membered cyclic amide) rings is 1. The van der Waals surface area contributed by atoms with E-state index in [9.17, 15) is 9.59 Å². The maximum Gasteiger partial charge on any atom is 0.413 e. The normalized spacial score (nSPS) is 20.5. The third-order valence-corrected chi connectivity index (χ3v) is 11.9. The van der Waals surface area contributed by atoms with Crippen molar-refractivity contribution in [1.29, 1.82) is 0 Å². The van der Waals surface area contributed by atoms with Crippen molar-refractivity contribution in [3.8, 4) is 0 Å². The number of rotatable bonds is 9. The molecule has 0 N–H and O–H groups in total. The molecule has 1 unspecified atom stereocenters. The summed E-state index contributed by atoms with van der Waals surface area (Å²) in [4.78, 5) is 28.7. The second-order valence-electron chi connectivity index (χ2n) is 8.43. The number of carbonyl (C=O) groups is 2. The second-order valence-corrected chi connectivity index (χ2v) is 13.8. The van der Waals surface area contributed by atoms with Gasteiger partial charge >= 0.3 is 6.03 Å². The molecule has 1 saturated heterocycles.